The molecule has 1 aliphatic heterocycles. The number of carbonyl (C=O) groups excluding carboxylic acids is 1. The number of imidazole rings is 1. The van der Waals surface area contributed by atoms with E-state index in [1.54, 1.807) is 26.7 Å². The summed E-state index contributed by atoms with van der Waals surface area (Å²) in [6, 6.07) is 5.67. The number of methoxy groups -OCH3 is 2. The first-order chi connectivity index (χ1) is 12.2. The number of benzene rings is 1. The quantitative estimate of drug-likeness (QED) is 0.874. The van der Waals surface area contributed by atoms with Crippen LogP contribution in [-0.4, -0.2) is 47.8 Å². The molecule has 0 spiro atoms. The molecule has 25 heavy (non-hydrogen) atoms. The van der Waals surface area contributed by atoms with E-state index < -0.39 is 0 Å². The van der Waals surface area contributed by atoms with E-state index in [4.69, 9.17) is 9.47 Å². The summed E-state index contributed by atoms with van der Waals surface area (Å²) in [5.74, 6) is 1.55. The van der Waals surface area contributed by atoms with Crippen molar-refractivity contribution >= 4 is 6.03 Å². The number of urea groups is 1. The zero-order valence-corrected chi connectivity index (χ0v) is 14.6. The molecule has 2 aromatic rings. The summed E-state index contributed by atoms with van der Waals surface area (Å²) in [6.45, 7) is 2.00. The van der Waals surface area contributed by atoms with Gasteiger partial charge in [-0.05, 0) is 31.0 Å². The Labute approximate surface area is 147 Å². The van der Waals surface area contributed by atoms with Crippen molar-refractivity contribution in [2.75, 3.05) is 27.3 Å². The van der Waals surface area contributed by atoms with E-state index in [0.29, 0.717) is 13.1 Å². The largest absolute Gasteiger partial charge is 0.497 e. The Kier molecular flexibility index (Phi) is 5.42. The Morgan fingerprint density at radius 2 is 2.24 bits per heavy atom. The van der Waals surface area contributed by atoms with Crippen molar-refractivity contribution in [2.45, 2.75) is 25.4 Å². The zero-order chi connectivity index (χ0) is 17.6. The van der Waals surface area contributed by atoms with Gasteiger partial charge in [-0.15, -0.1) is 0 Å². The number of carbonyl (C=O) groups is 1. The van der Waals surface area contributed by atoms with Crippen molar-refractivity contribution < 1.29 is 14.3 Å². The Balaban J connectivity index is 1.68. The molecule has 1 atom stereocenters. The Morgan fingerprint density at radius 1 is 1.36 bits per heavy atom. The molecule has 0 bridgehead atoms. The summed E-state index contributed by atoms with van der Waals surface area (Å²) in [6.07, 6.45) is 7.24. The lowest BCUT2D eigenvalue weighted by atomic mass is 10.0. The highest BCUT2D eigenvalue weighted by Crippen LogP contribution is 2.38. The number of hydrogen-bond acceptors (Lipinski definition) is 4. The Hall–Kier alpha value is -2.70. The van der Waals surface area contributed by atoms with E-state index in [-0.39, 0.29) is 12.1 Å². The number of amides is 2. The first kappa shape index (κ1) is 17.1. The van der Waals surface area contributed by atoms with Crippen LogP contribution in [0.1, 0.15) is 24.4 Å². The number of nitrogens with one attached hydrogen (secondary N) is 1. The Bertz CT molecular complexity index is 702. The van der Waals surface area contributed by atoms with E-state index in [9.17, 15) is 4.79 Å². The number of nitrogens with zero attached hydrogens (tertiary/aromatic N) is 3. The lowest BCUT2D eigenvalue weighted by molar-refractivity contribution is 0.191. The van der Waals surface area contributed by atoms with Crippen LogP contribution >= 0.6 is 0 Å². The summed E-state index contributed by atoms with van der Waals surface area (Å²) < 4.78 is 12.8. The zero-order valence-electron chi connectivity index (χ0n) is 14.6. The second kappa shape index (κ2) is 7.92. The predicted molar refractivity (Wildman–Crippen MR) is 93.9 cm³/mol. The fraction of sp³-hybridized carbons (Fsp3) is 0.444. The van der Waals surface area contributed by atoms with Gasteiger partial charge in [0.1, 0.15) is 11.5 Å². The number of ether oxygens (including phenoxy) is 2. The first-order valence-electron chi connectivity index (χ1n) is 8.45. The smallest absolute Gasteiger partial charge is 0.317 e. The van der Waals surface area contributed by atoms with Gasteiger partial charge in [0.2, 0.25) is 0 Å². The third kappa shape index (κ3) is 3.87. The van der Waals surface area contributed by atoms with E-state index >= 15 is 0 Å². The number of aromatic nitrogens is 2. The molecule has 134 valence electrons. The Morgan fingerprint density at radius 3 is 2.96 bits per heavy atom. The van der Waals surface area contributed by atoms with Crippen molar-refractivity contribution in [3.63, 3.8) is 0 Å². The molecule has 0 saturated carbocycles. The maximum atomic E-state index is 12.6. The van der Waals surface area contributed by atoms with Gasteiger partial charge in [0.15, 0.2) is 0 Å². The molecule has 0 radical (unpaired) electrons. The van der Waals surface area contributed by atoms with E-state index in [1.807, 2.05) is 33.9 Å². The van der Waals surface area contributed by atoms with Crippen LogP contribution in [0.5, 0.6) is 11.5 Å². The summed E-state index contributed by atoms with van der Waals surface area (Å²) in [4.78, 5) is 18.5. The first-order valence-corrected chi connectivity index (χ1v) is 8.45. The van der Waals surface area contributed by atoms with Gasteiger partial charge in [0, 0.05) is 37.6 Å². The van der Waals surface area contributed by atoms with Crippen molar-refractivity contribution in [3.8, 4) is 11.5 Å². The molecule has 1 aliphatic rings. The lowest BCUT2D eigenvalue weighted by Gasteiger charge is -2.27. The molecule has 1 fully saturated rings. The predicted octanol–water partition coefficient (Wildman–Crippen LogP) is 2.45. The van der Waals surface area contributed by atoms with Crippen molar-refractivity contribution in [1.82, 2.24) is 19.8 Å². The van der Waals surface area contributed by atoms with Gasteiger partial charge in [0.25, 0.3) is 0 Å². The third-order valence-corrected chi connectivity index (χ3v) is 4.51. The minimum atomic E-state index is -0.0486. The molecular formula is C18H24N4O3. The van der Waals surface area contributed by atoms with Crippen LogP contribution in [0.2, 0.25) is 0 Å². The lowest BCUT2D eigenvalue weighted by Crippen LogP contribution is -2.40. The van der Waals surface area contributed by atoms with Crippen LogP contribution in [0.4, 0.5) is 4.79 Å². The van der Waals surface area contributed by atoms with Gasteiger partial charge >= 0.3 is 6.03 Å². The van der Waals surface area contributed by atoms with Gasteiger partial charge in [-0.2, -0.15) is 0 Å². The van der Waals surface area contributed by atoms with Crippen LogP contribution in [-0.2, 0) is 6.54 Å². The fourth-order valence-corrected chi connectivity index (χ4v) is 3.25. The second-order valence-corrected chi connectivity index (χ2v) is 5.99. The highest BCUT2D eigenvalue weighted by molar-refractivity contribution is 5.75. The molecule has 1 N–H and O–H groups in total. The molecule has 0 unspecified atom stereocenters. The third-order valence-electron chi connectivity index (χ3n) is 4.51. The molecular weight excluding hydrogens is 320 g/mol. The molecule has 2 amide bonds. The van der Waals surface area contributed by atoms with Crippen molar-refractivity contribution in [3.05, 3.63) is 42.5 Å². The van der Waals surface area contributed by atoms with Crippen LogP contribution in [0.25, 0.3) is 0 Å². The second-order valence-electron chi connectivity index (χ2n) is 5.99. The van der Waals surface area contributed by atoms with Crippen LogP contribution in [0, 0.1) is 0 Å². The van der Waals surface area contributed by atoms with E-state index in [2.05, 4.69) is 10.3 Å². The van der Waals surface area contributed by atoms with Gasteiger partial charge in [-0.25, -0.2) is 9.78 Å². The van der Waals surface area contributed by atoms with Gasteiger partial charge in [-0.3, -0.25) is 0 Å². The maximum Gasteiger partial charge on any atom is 0.317 e. The molecule has 0 aliphatic carbocycles. The molecule has 3 rings (SSSR count). The fourth-order valence-electron chi connectivity index (χ4n) is 3.25. The van der Waals surface area contributed by atoms with E-state index in [1.165, 1.54) is 0 Å². The van der Waals surface area contributed by atoms with Crippen LogP contribution < -0.4 is 14.8 Å². The number of hydrogen-bond donors (Lipinski definition) is 1. The standard InChI is InChI=1S/C18H24N4O3/c1-24-14-5-6-17(25-2)15(12-14)16-4-3-9-22(16)18(23)20-8-11-21-10-7-19-13-21/h5-7,10,12-13,16H,3-4,8-9,11H2,1-2H3,(H,20,23)/t16-/m0/s1. The minimum absolute atomic E-state index is 0.00158. The van der Waals surface area contributed by atoms with Crippen molar-refractivity contribution in [2.24, 2.45) is 0 Å². The average molecular weight is 344 g/mol. The molecule has 7 nitrogen and oxygen atoms in total. The molecule has 7 heteroatoms. The monoisotopic (exact) mass is 344 g/mol. The van der Waals surface area contributed by atoms with Gasteiger partial charge in [-0.1, -0.05) is 0 Å². The highest BCUT2D eigenvalue weighted by atomic mass is 16.5. The average Bonchev–Trinajstić information content (AvgIpc) is 3.32. The van der Waals surface area contributed by atoms with E-state index in [0.717, 1.165) is 36.4 Å². The topological polar surface area (TPSA) is 68.6 Å². The summed E-state index contributed by atoms with van der Waals surface area (Å²) >= 11 is 0. The minimum Gasteiger partial charge on any atom is -0.497 e. The molecule has 1 saturated heterocycles. The maximum absolute atomic E-state index is 12.6. The van der Waals surface area contributed by atoms with Gasteiger partial charge in [0.05, 0.1) is 26.6 Å². The molecule has 1 aromatic heterocycles. The summed E-state index contributed by atoms with van der Waals surface area (Å²) in [5.41, 5.74) is 0.990. The summed E-state index contributed by atoms with van der Waals surface area (Å²) in [7, 11) is 3.29. The number of rotatable bonds is 6. The number of likely N-dealkylation sites (tertiary alicyclic amines) is 1. The van der Waals surface area contributed by atoms with Gasteiger partial charge < -0.3 is 24.3 Å². The SMILES string of the molecule is COc1ccc(OC)c([C@@H]2CCCN2C(=O)NCCn2ccnc2)c1. The molecule has 2 heterocycles. The molecule has 1 aromatic carbocycles. The summed E-state index contributed by atoms with van der Waals surface area (Å²) in [5, 5.41) is 3.00. The van der Waals surface area contributed by atoms with Crippen LogP contribution in [0.15, 0.2) is 36.9 Å². The van der Waals surface area contributed by atoms with Crippen LogP contribution in [0.3, 0.4) is 0 Å². The highest BCUT2D eigenvalue weighted by Gasteiger charge is 2.32. The normalized spacial score (nSPS) is 16.7. The van der Waals surface area contributed by atoms with Crippen molar-refractivity contribution in [1.29, 1.82) is 0 Å².